The van der Waals surface area contributed by atoms with Crippen LogP contribution in [0.3, 0.4) is 0 Å². The van der Waals surface area contributed by atoms with E-state index >= 15 is 0 Å². The van der Waals surface area contributed by atoms with Crippen molar-refractivity contribution in [3.8, 4) is 17.5 Å². The largest absolute Gasteiger partial charge is 0.467 e. The number of thioether (sulfide) groups is 1. The highest BCUT2D eigenvalue weighted by Crippen LogP contribution is 2.29. The van der Waals surface area contributed by atoms with Gasteiger partial charge in [-0.25, -0.2) is 0 Å². The smallest absolute Gasteiger partial charge is 0.231 e. The molecule has 2 heterocycles. The number of rotatable bonds is 7. The second-order valence-electron chi connectivity index (χ2n) is 7.57. The van der Waals surface area contributed by atoms with Gasteiger partial charge in [0.25, 0.3) is 0 Å². The standard InChI is InChI=1S/C22H22ClN5O2S/c23-17-8-6-16(7-9-17)20-26-27-21(28(20)13-18-5-4-12-30-18)31-14-19(29)25-22(15-24)10-2-1-3-11-22/h4-9,12H,1-3,10-11,13-14H2,(H,25,29). The van der Waals surface area contributed by atoms with E-state index in [9.17, 15) is 10.1 Å². The zero-order valence-corrected chi connectivity index (χ0v) is 18.5. The Morgan fingerprint density at radius 3 is 2.68 bits per heavy atom. The number of nitrogens with one attached hydrogen (secondary N) is 1. The first-order chi connectivity index (χ1) is 15.1. The molecule has 1 fully saturated rings. The number of nitrogens with zero attached hydrogens (tertiary/aromatic N) is 4. The van der Waals surface area contributed by atoms with Crippen molar-refractivity contribution >= 4 is 29.3 Å². The number of benzene rings is 1. The number of nitriles is 1. The minimum atomic E-state index is -0.744. The van der Waals surface area contributed by atoms with Crippen molar-refractivity contribution in [2.24, 2.45) is 0 Å². The maximum absolute atomic E-state index is 12.6. The van der Waals surface area contributed by atoms with Crippen LogP contribution in [0.15, 0.2) is 52.2 Å². The fourth-order valence-electron chi connectivity index (χ4n) is 3.76. The minimum absolute atomic E-state index is 0.153. The van der Waals surface area contributed by atoms with Crippen LogP contribution in [0.25, 0.3) is 11.4 Å². The zero-order valence-electron chi connectivity index (χ0n) is 16.9. The molecule has 9 heteroatoms. The van der Waals surface area contributed by atoms with E-state index in [1.165, 1.54) is 11.8 Å². The van der Waals surface area contributed by atoms with Gasteiger partial charge in [-0.2, -0.15) is 5.26 Å². The summed E-state index contributed by atoms with van der Waals surface area (Å²) in [5, 5.41) is 22.4. The Hall–Kier alpha value is -2.76. The van der Waals surface area contributed by atoms with Crippen LogP contribution in [0, 0.1) is 11.3 Å². The molecule has 4 rings (SSSR count). The monoisotopic (exact) mass is 455 g/mol. The molecule has 3 aromatic rings. The average molecular weight is 456 g/mol. The lowest BCUT2D eigenvalue weighted by Crippen LogP contribution is -2.49. The van der Waals surface area contributed by atoms with Gasteiger partial charge in [0.05, 0.1) is 24.6 Å². The summed E-state index contributed by atoms with van der Waals surface area (Å²) in [5.41, 5.74) is 0.122. The summed E-state index contributed by atoms with van der Waals surface area (Å²) in [6.07, 6.45) is 6.06. The minimum Gasteiger partial charge on any atom is -0.467 e. The maximum Gasteiger partial charge on any atom is 0.231 e. The molecule has 2 aromatic heterocycles. The number of halogens is 1. The van der Waals surface area contributed by atoms with Gasteiger partial charge in [0, 0.05) is 10.6 Å². The molecule has 0 radical (unpaired) electrons. The zero-order chi connectivity index (χ0) is 21.7. The van der Waals surface area contributed by atoms with E-state index in [4.69, 9.17) is 16.0 Å². The predicted molar refractivity (Wildman–Crippen MR) is 119 cm³/mol. The van der Waals surface area contributed by atoms with Crippen molar-refractivity contribution in [2.75, 3.05) is 5.75 Å². The summed E-state index contributed by atoms with van der Waals surface area (Å²) in [6, 6.07) is 13.4. The van der Waals surface area contributed by atoms with E-state index < -0.39 is 5.54 Å². The lowest BCUT2D eigenvalue weighted by Gasteiger charge is -2.31. The van der Waals surface area contributed by atoms with E-state index in [2.05, 4.69) is 21.6 Å². The first-order valence-electron chi connectivity index (χ1n) is 10.2. The SMILES string of the molecule is N#CC1(NC(=O)CSc2nnc(-c3ccc(Cl)cc3)n2Cc2ccco2)CCCCC1. The van der Waals surface area contributed by atoms with E-state index in [0.29, 0.717) is 35.4 Å². The van der Waals surface area contributed by atoms with Crippen molar-refractivity contribution in [2.45, 2.75) is 49.3 Å². The second-order valence-corrected chi connectivity index (χ2v) is 8.95. The first kappa shape index (κ1) is 21.5. The molecule has 31 heavy (non-hydrogen) atoms. The van der Waals surface area contributed by atoms with Gasteiger partial charge in [-0.1, -0.05) is 42.6 Å². The van der Waals surface area contributed by atoms with Crippen LogP contribution < -0.4 is 5.32 Å². The van der Waals surface area contributed by atoms with E-state index in [1.807, 2.05) is 28.8 Å². The van der Waals surface area contributed by atoms with Crippen LogP contribution in [-0.2, 0) is 11.3 Å². The highest BCUT2D eigenvalue weighted by Gasteiger charge is 2.33. The summed E-state index contributed by atoms with van der Waals surface area (Å²) in [5.74, 6) is 1.40. The average Bonchev–Trinajstić information content (AvgIpc) is 3.44. The van der Waals surface area contributed by atoms with Crippen LogP contribution in [0.5, 0.6) is 0 Å². The molecule has 1 aromatic carbocycles. The van der Waals surface area contributed by atoms with Crippen molar-refractivity contribution in [1.29, 1.82) is 5.26 Å². The van der Waals surface area contributed by atoms with Gasteiger partial charge in [-0.05, 0) is 49.2 Å². The first-order valence-corrected chi connectivity index (χ1v) is 11.5. The molecule has 1 saturated carbocycles. The third-order valence-corrected chi connectivity index (χ3v) is 6.56. The van der Waals surface area contributed by atoms with Crippen LogP contribution >= 0.6 is 23.4 Å². The molecule has 160 valence electrons. The molecule has 1 amide bonds. The van der Waals surface area contributed by atoms with Crippen LogP contribution in [-0.4, -0.2) is 32.0 Å². The van der Waals surface area contributed by atoms with Gasteiger partial charge in [0.15, 0.2) is 11.0 Å². The van der Waals surface area contributed by atoms with Gasteiger partial charge in [-0.15, -0.1) is 10.2 Å². The Balaban J connectivity index is 1.51. The molecule has 0 aliphatic heterocycles. The summed E-state index contributed by atoms with van der Waals surface area (Å²) in [4.78, 5) is 12.6. The lowest BCUT2D eigenvalue weighted by molar-refractivity contribution is -0.120. The molecular formula is C22H22ClN5O2S. The Morgan fingerprint density at radius 2 is 2.00 bits per heavy atom. The van der Waals surface area contributed by atoms with Gasteiger partial charge in [0.1, 0.15) is 11.3 Å². The normalized spacial score (nSPS) is 15.4. The number of carbonyl (C=O) groups is 1. The quantitative estimate of drug-likeness (QED) is 0.520. The number of carbonyl (C=O) groups excluding carboxylic acids is 1. The summed E-state index contributed by atoms with van der Waals surface area (Å²) < 4.78 is 7.42. The third kappa shape index (κ3) is 5.12. The van der Waals surface area contributed by atoms with Crippen molar-refractivity contribution in [3.63, 3.8) is 0 Å². The fraction of sp³-hybridized carbons (Fsp3) is 0.364. The molecule has 1 aliphatic carbocycles. The molecule has 7 nitrogen and oxygen atoms in total. The van der Waals surface area contributed by atoms with Gasteiger partial charge >= 0.3 is 0 Å². The highest BCUT2D eigenvalue weighted by molar-refractivity contribution is 7.99. The Labute approximate surface area is 189 Å². The second kappa shape index (κ2) is 9.58. The number of furan rings is 1. The molecule has 0 bridgehead atoms. The fourth-order valence-corrected chi connectivity index (χ4v) is 4.63. The summed E-state index contributed by atoms with van der Waals surface area (Å²) in [7, 11) is 0. The molecule has 1 aliphatic rings. The molecule has 0 spiro atoms. The van der Waals surface area contributed by atoms with Crippen molar-refractivity contribution < 1.29 is 9.21 Å². The van der Waals surface area contributed by atoms with Crippen molar-refractivity contribution in [3.05, 3.63) is 53.4 Å². The number of hydrogen-bond donors (Lipinski definition) is 1. The van der Waals surface area contributed by atoms with Crippen LogP contribution in [0.4, 0.5) is 0 Å². The van der Waals surface area contributed by atoms with Crippen molar-refractivity contribution in [1.82, 2.24) is 20.1 Å². The Bertz CT molecular complexity index is 1070. The number of amides is 1. The maximum atomic E-state index is 12.6. The number of aromatic nitrogens is 3. The van der Waals surface area contributed by atoms with Gasteiger partial charge in [0.2, 0.25) is 5.91 Å². The highest BCUT2D eigenvalue weighted by atomic mass is 35.5. The molecule has 0 unspecified atom stereocenters. The van der Waals surface area contributed by atoms with E-state index in [0.717, 1.165) is 30.6 Å². The predicted octanol–water partition coefficient (Wildman–Crippen LogP) is 4.67. The molecule has 0 saturated heterocycles. The molecular weight excluding hydrogens is 434 g/mol. The van der Waals surface area contributed by atoms with E-state index in [-0.39, 0.29) is 11.7 Å². The Morgan fingerprint density at radius 1 is 1.23 bits per heavy atom. The van der Waals surface area contributed by atoms with Crippen LogP contribution in [0.2, 0.25) is 5.02 Å². The third-order valence-electron chi connectivity index (χ3n) is 5.35. The van der Waals surface area contributed by atoms with Gasteiger partial charge < -0.3 is 9.73 Å². The van der Waals surface area contributed by atoms with E-state index in [1.54, 1.807) is 18.4 Å². The number of hydrogen-bond acceptors (Lipinski definition) is 6. The topological polar surface area (TPSA) is 96.7 Å². The molecule has 1 N–H and O–H groups in total. The summed E-state index contributed by atoms with van der Waals surface area (Å²) >= 11 is 7.31. The lowest BCUT2D eigenvalue weighted by atomic mass is 9.83. The van der Waals surface area contributed by atoms with Gasteiger partial charge in [-0.3, -0.25) is 9.36 Å². The Kier molecular flexibility index (Phi) is 6.64. The van der Waals surface area contributed by atoms with Crippen LogP contribution in [0.1, 0.15) is 37.9 Å². The summed E-state index contributed by atoms with van der Waals surface area (Å²) in [6.45, 7) is 0.435. The molecule has 0 atom stereocenters.